The van der Waals surface area contributed by atoms with Gasteiger partial charge in [0.2, 0.25) is 0 Å². The predicted octanol–water partition coefficient (Wildman–Crippen LogP) is 2.28. The van der Waals surface area contributed by atoms with Crippen molar-refractivity contribution in [1.82, 2.24) is 9.55 Å². The van der Waals surface area contributed by atoms with Crippen molar-refractivity contribution >= 4 is 0 Å². The highest BCUT2D eigenvalue weighted by atomic mass is 15.1. The van der Waals surface area contributed by atoms with Crippen LogP contribution < -0.4 is 5.73 Å². The first kappa shape index (κ1) is 10.7. The largest absolute Gasteiger partial charge is 0.332 e. The first-order valence-electron chi connectivity index (χ1n) is 5.97. The summed E-state index contributed by atoms with van der Waals surface area (Å²) in [5, 5.41) is 0. The molecule has 0 radical (unpaired) electrons. The molecule has 1 aromatic rings. The van der Waals surface area contributed by atoms with Crippen LogP contribution in [0.4, 0.5) is 0 Å². The lowest BCUT2D eigenvalue weighted by molar-refractivity contribution is 0.335. The van der Waals surface area contributed by atoms with E-state index in [9.17, 15) is 0 Å². The molecule has 0 aromatic carbocycles. The minimum Gasteiger partial charge on any atom is -0.332 e. The van der Waals surface area contributed by atoms with Crippen molar-refractivity contribution < 1.29 is 0 Å². The number of hydrogen-bond donors (Lipinski definition) is 1. The van der Waals surface area contributed by atoms with Crippen molar-refractivity contribution in [2.75, 3.05) is 0 Å². The normalized spacial score (nSPS) is 17.0. The molecular weight excluding hydrogens is 186 g/mol. The zero-order chi connectivity index (χ0) is 10.9. The van der Waals surface area contributed by atoms with E-state index in [0.717, 1.165) is 25.3 Å². The topological polar surface area (TPSA) is 43.8 Å². The van der Waals surface area contributed by atoms with Crippen LogP contribution in [0.2, 0.25) is 0 Å². The zero-order valence-electron chi connectivity index (χ0n) is 9.74. The molecule has 1 aliphatic rings. The van der Waals surface area contributed by atoms with Crippen molar-refractivity contribution in [3.8, 4) is 0 Å². The van der Waals surface area contributed by atoms with Crippen molar-refractivity contribution in [3.63, 3.8) is 0 Å². The van der Waals surface area contributed by atoms with E-state index in [1.807, 2.05) is 12.5 Å². The zero-order valence-corrected chi connectivity index (χ0v) is 9.74. The Hall–Kier alpha value is -0.830. The molecule has 84 valence electrons. The highest BCUT2D eigenvalue weighted by Gasteiger charge is 2.29. The van der Waals surface area contributed by atoms with Gasteiger partial charge in [0.05, 0.1) is 6.33 Å². The maximum atomic E-state index is 6.33. The van der Waals surface area contributed by atoms with Crippen LogP contribution in [0.15, 0.2) is 12.5 Å². The van der Waals surface area contributed by atoms with E-state index in [2.05, 4.69) is 23.4 Å². The fraction of sp³-hybridized carbons (Fsp3) is 0.750. The van der Waals surface area contributed by atoms with Gasteiger partial charge in [-0.2, -0.15) is 0 Å². The molecule has 1 aromatic heterocycles. The van der Waals surface area contributed by atoms with Gasteiger partial charge in [-0.25, -0.2) is 4.98 Å². The van der Waals surface area contributed by atoms with Crippen LogP contribution in [0.5, 0.6) is 0 Å². The molecule has 0 unspecified atom stereocenters. The molecule has 0 atom stereocenters. The maximum absolute atomic E-state index is 6.33. The van der Waals surface area contributed by atoms with Gasteiger partial charge < -0.3 is 10.3 Å². The SMILES string of the molecule is CCC(N)(CC)Cn1cncc1C1CC1. The van der Waals surface area contributed by atoms with Gasteiger partial charge in [-0.1, -0.05) is 13.8 Å². The molecule has 0 saturated heterocycles. The summed E-state index contributed by atoms with van der Waals surface area (Å²) in [5.74, 6) is 0.755. The minimum absolute atomic E-state index is 0.0651. The standard InChI is InChI=1S/C12H21N3/c1-3-12(13,4-2)8-15-9-14-7-11(15)10-5-6-10/h7,9-10H,3-6,8,13H2,1-2H3. The van der Waals surface area contributed by atoms with Crippen molar-refractivity contribution in [2.24, 2.45) is 5.73 Å². The minimum atomic E-state index is -0.0651. The Bertz CT molecular complexity index is 321. The Morgan fingerprint density at radius 3 is 2.67 bits per heavy atom. The molecule has 3 nitrogen and oxygen atoms in total. The van der Waals surface area contributed by atoms with E-state index < -0.39 is 0 Å². The molecule has 0 spiro atoms. The Labute approximate surface area is 91.7 Å². The van der Waals surface area contributed by atoms with Gasteiger partial charge in [-0.05, 0) is 25.7 Å². The van der Waals surface area contributed by atoms with Gasteiger partial charge in [-0.3, -0.25) is 0 Å². The Kier molecular flexibility index (Phi) is 2.83. The Balaban J connectivity index is 2.12. The average Bonchev–Trinajstić information content (AvgIpc) is 3.00. The number of nitrogens with two attached hydrogens (primary N) is 1. The van der Waals surface area contributed by atoms with Gasteiger partial charge in [0.15, 0.2) is 0 Å². The van der Waals surface area contributed by atoms with Gasteiger partial charge in [0, 0.05) is 29.9 Å². The Morgan fingerprint density at radius 2 is 2.13 bits per heavy atom. The van der Waals surface area contributed by atoms with E-state index in [1.54, 1.807) is 0 Å². The molecule has 1 aliphatic carbocycles. The molecular formula is C12H21N3. The van der Waals surface area contributed by atoms with Crippen molar-refractivity contribution in [2.45, 2.75) is 57.5 Å². The summed E-state index contributed by atoms with van der Waals surface area (Å²) in [4.78, 5) is 4.24. The van der Waals surface area contributed by atoms with Gasteiger partial charge in [-0.15, -0.1) is 0 Å². The molecule has 15 heavy (non-hydrogen) atoms. The summed E-state index contributed by atoms with van der Waals surface area (Å²) in [5.41, 5.74) is 7.64. The third kappa shape index (κ3) is 2.23. The first-order valence-corrected chi connectivity index (χ1v) is 5.97. The third-order valence-electron chi connectivity index (χ3n) is 3.63. The van der Waals surface area contributed by atoms with Crippen LogP contribution >= 0.6 is 0 Å². The quantitative estimate of drug-likeness (QED) is 0.805. The molecule has 1 fully saturated rings. The first-order chi connectivity index (χ1) is 7.18. The Morgan fingerprint density at radius 1 is 1.47 bits per heavy atom. The number of imidazole rings is 1. The second-order valence-corrected chi connectivity index (χ2v) is 4.79. The number of hydrogen-bond acceptors (Lipinski definition) is 2. The van der Waals surface area contributed by atoms with E-state index in [1.165, 1.54) is 18.5 Å². The monoisotopic (exact) mass is 207 g/mol. The highest BCUT2D eigenvalue weighted by molar-refractivity contribution is 5.13. The van der Waals surface area contributed by atoms with Crippen molar-refractivity contribution in [3.05, 3.63) is 18.2 Å². The fourth-order valence-electron chi connectivity index (χ4n) is 1.99. The van der Waals surface area contributed by atoms with Crippen molar-refractivity contribution in [1.29, 1.82) is 0 Å². The van der Waals surface area contributed by atoms with Gasteiger partial charge >= 0.3 is 0 Å². The molecule has 0 bridgehead atoms. The summed E-state index contributed by atoms with van der Waals surface area (Å²) in [6.07, 6.45) is 8.62. The van der Waals surface area contributed by atoms with Gasteiger partial charge in [0.25, 0.3) is 0 Å². The van der Waals surface area contributed by atoms with Crippen LogP contribution in [0.1, 0.15) is 51.1 Å². The maximum Gasteiger partial charge on any atom is 0.0948 e. The average molecular weight is 207 g/mol. The van der Waals surface area contributed by atoms with Crippen LogP contribution in [0.3, 0.4) is 0 Å². The second-order valence-electron chi connectivity index (χ2n) is 4.79. The molecule has 2 N–H and O–H groups in total. The fourth-order valence-corrected chi connectivity index (χ4v) is 1.99. The number of aromatic nitrogens is 2. The van der Waals surface area contributed by atoms with Crippen LogP contribution in [0, 0.1) is 0 Å². The van der Waals surface area contributed by atoms with E-state index in [4.69, 9.17) is 5.73 Å². The summed E-state index contributed by atoms with van der Waals surface area (Å²) >= 11 is 0. The van der Waals surface area contributed by atoms with E-state index >= 15 is 0 Å². The number of rotatable bonds is 5. The van der Waals surface area contributed by atoms with Crippen LogP contribution in [-0.2, 0) is 6.54 Å². The summed E-state index contributed by atoms with van der Waals surface area (Å²) in [7, 11) is 0. The second kappa shape index (κ2) is 3.97. The van der Waals surface area contributed by atoms with Gasteiger partial charge in [0.1, 0.15) is 0 Å². The molecule has 0 aliphatic heterocycles. The molecule has 1 saturated carbocycles. The van der Waals surface area contributed by atoms with Crippen LogP contribution in [0.25, 0.3) is 0 Å². The van der Waals surface area contributed by atoms with E-state index in [0.29, 0.717) is 0 Å². The molecule has 0 amide bonds. The third-order valence-corrected chi connectivity index (χ3v) is 3.63. The van der Waals surface area contributed by atoms with Crippen LogP contribution in [-0.4, -0.2) is 15.1 Å². The molecule has 2 rings (SSSR count). The molecule has 3 heteroatoms. The lowest BCUT2D eigenvalue weighted by Crippen LogP contribution is -2.42. The lowest BCUT2D eigenvalue weighted by atomic mass is 9.94. The smallest absolute Gasteiger partial charge is 0.0948 e. The highest BCUT2D eigenvalue weighted by Crippen LogP contribution is 2.40. The predicted molar refractivity (Wildman–Crippen MR) is 61.7 cm³/mol. The summed E-state index contributed by atoms with van der Waals surface area (Å²) in [6, 6.07) is 0. The summed E-state index contributed by atoms with van der Waals surface area (Å²) < 4.78 is 2.25. The summed E-state index contributed by atoms with van der Waals surface area (Å²) in [6.45, 7) is 5.24. The van der Waals surface area contributed by atoms with E-state index in [-0.39, 0.29) is 5.54 Å². The number of nitrogens with zero attached hydrogens (tertiary/aromatic N) is 2. The molecule has 1 heterocycles. The lowest BCUT2D eigenvalue weighted by Gasteiger charge is -2.27.